The fourth-order valence-corrected chi connectivity index (χ4v) is 2.12. The van der Waals surface area contributed by atoms with Gasteiger partial charge in [0.25, 0.3) is 0 Å². The Hall–Kier alpha value is -1.52. The molecule has 17 heavy (non-hydrogen) atoms. The zero-order chi connectivity index (χ0) is 12.8. The Morgan fingerprint density at radius 2 is 1.82 bits per heavy atom. The molecule has 1 aromatic rings. The fraction of sp³-hybridized carbons (Fsp3) is 0.417. The number of anilines is 1. The summed E-state index contributed by atoms with van der Waals surface area (Å²) in [5, 5.41) is 0. The molecular formula is C12H12F3NO. The van der Waals surface area contributed by atoms with Crippen molar-refractivity contribution in [2.45, 2.75) is 25.6 Å². The van der Waals surface area contributed by atoms with Gasteiger partial charge in [-0.3, -0.25) is 4.79 Å². The van der Waals surface area contributed by atoms with Gasteiger partial charge in [-0.05, 0) is 26.0 Å². The molecule has 0 unspecified atom stereocenters. The Labute approximate surface area is 97.0 Å². The molecule has 0 spiro atoms. The monoisotopic (exact) mass is 243 g/mol. The molecule has 0 aliphatic carbocycles. The first-order valence-corrected chi connectivity index (χ1v) is 5.22. The first kappa shape index (κ1) is 12.0. The van der Waals surface area contributed by atoms with Crippen molar-refractivity contribution in [2.75, 3.05) is 11.4 Å². The van der Waals surface area contributed by atoms with Crippen LogP contribution in [0.1, 0.15) is 24.2 Å². The number of carbonyl (C=O) groups excluding carboxylic acids is 1. The molecule has 2 nitrogen and oxygen atoms in total. The summed E-state index contributed by atoms with van der Waals surface area (Å²) in [6.07, 6.45) is -4.32. The minimum absolute atomic E-state index is 0.266. The second-order valence-electron chi connectivity index (χ2n) is 4.61. The zero-order valence-electron chi connectivity index (χ0n) is 9.51. The minimum Gasteiger partial charge on any atom is -0.349 e. The minimum atomic E-state index is -4.32. The number of rotatable bonds is 1. The summed E-state index contributed by atoms with van der Waals surface area (Å²) in [4.78, 5) is 13.1. The quantitative estimate of drug-likeness (QED) is 0.755. The van der Waals surface area contributed by atoms with E-state index in [-0.39, 0.29) is 5.78 Å². The lowest BCUT2D eigenvalue weighted by Gasteiger charge is -2.33. The van der Waals surface area contributed by atoms with E-state index in [9.17, 15) is 18.0 Å². The van der Waals surface area contributed by atoms with Gasteiger partial charge in [0.05, 0.1) is 5.54 Å². The first-order valence-electron chi connectivity index (χ1n) is 5.22. The predicted molar refractivity (Wildman–Crippen MR) is 58.3 cm³/mol. The van der Waals surface area contributed by atoms with E-state index in [1.807, 2.05) is 0 Å². The summed E-state index contributed by atoms with van der Waals surface area (Å²) in [5.41, 5.74) is -0.416. The number of fused-ring (bicyclic) bond motifs is 1. The van der Waals surface area contributed by atoms with Crippen LogP contribution in [0.25, 0.3) is 0 Å². The summed E-state index contributed by atoms with van der Waals surface area (Å²) in [6, 6.07) is 6.41. The molecule has 0 saturated heterocycles. The summed E-state index contributed by atoms with van der Waals surface area (Å²) >= 11 is 0. The normalized spacial score (nSPS) is 18.4. The molecule has 1 aromatic carbocycles. The first-order chi connectivity index (χ1) is 7.73. The lowest BCUT2D eigenvalue weighted by Crippen LogP contribution is -2.49. The number of ketones is 1. The van der Waals surface area contributed by atoms with Crippen LogP contribution in [-0.4, -0.2) is 24.0 Å². The van der Waals surface area contributed by atoms with Crippen LogP contribution in [0.3, 0.4) is 0 Å². The van der Waals surface area contributed by atoms with Crippen molar-refractivity contribution in [3.8, 4) is 0 Å². The maximum atomic E-state index is 12.5. The molecule has 92 valence electrons. The van der Waals surface area contributed by atoms with Gasteiger partial charge in [-0.2, -0.15) is 13.2 Å². The Balaban J connectivity index is 2.48. The molecule has 5 heteroatoms. The molecule has 0 N–H and O–H groups in total. The van der Waals surface area contributed by atoms with Crippen LogP contribution < -0.4 is 4.90 Å². The number of carbonyl (C=O) groups is 1. The molecule has 0 saturated carbocycles. The molecule has 0 fully saturated rings. The molecule has 1 aliphatic heterocycles. The number of hydrogen-bond donors (Lipinski definition) is 0. The van der Waals surface area contributed by atoms with Gasteiger partial charge in [-0.1, -0.05) is 12.1 Å². The third-order valence-electron chi connectivity index (χ3n) is 3.01. The standard InChI is InChI=1S/C12H12F3NO/c1-11(2)10(17)8-5-3-4-6-9(8)16(11)7-12(13,14)15/h3-6H,7H2,1-2H3. The van der Waals surface area contributed by atoms with E-state index < -0.39 is 18.3 Å². The van der Waals surface area contributed by atoms with E-state index in [1.54, 1.807) is 24.3 Å². The van der Waals surface area contributed by atoms with Gasteiger partial charge >= 0.3 is 6.18 Å². The third-order valence-corrected chi connectivity index (χ3v) is 3.01. The van der Waals surface area contributed by atoms with Crippen LogP contribution in [-0.2, 0) is 0 Å². The van der Waals surface area contributed by atoms with Gasteiger partial charge in [0.15, 0.2) is 5.78 Å². The zero-order valence-corrected chi connectivity index (χ0v) is 9.51. The summed E-state index contributed by atoms with van der Waals surface area (Å²) < 4.78 is 37.6. The van der Waals surface area contributed by atoms with E-state index in [1.165, 1.54) is 13.8 Å². The summed E-state index contributed by atoms with van der Waals surface area (Å²) in [5.74, 6) is -0.266. The highest BCUT2D eigenvalue weighted by Crippen LogP contribution is 2.39. The largest absolute Gasteiger partial charge is 0.405 e. The predicted octanol–water partition coefficient (Wildman–Crippen LogP) is 3.03. The molecule has 2 rings (SSSR count). The van der Waals surface area contributed by atoms with Crippen molar-refractivity contribution in [3.05, 3.63) is 29.8 Å². The van der Waals surface area contributed by atoms with E-state index >= 15 is 0 Å². The van der Waals surface area contributed by atoms with Crippen LogP contribution in [0.4, 0.5) is 18.9 Å². The molecule has 0 aromatic heterocycles. The van der Waals surface area contributed by atoms with Gasteiger partial charge in [0, 0.05) is 11.3 Å². The van der Waals surface area contributed by atoms with Crippen molar-refractivity contribution in [2.24, 2.45) is 0 Å². The average molecular weight is 243 g/mol. The Kier molecular flexibility index (Phi) is 2.45. The van der Waals surface area contributed by atoms with Crippen LogP contribution in [0.15, 0.2) is 24.3 Å². The summed E-state index contributed by atoms with van der Waals surface area (Å²) in [7, 11) is 0. The van der Waals surface area contributed by atoms with Crippen LogP contribution >= 0.6 is 0 Å². The molecular weight excluding hydrogens is 231 g/mol. The SMILES string of the molecule is CC1(C)C(=O)c2ccccc2N1CC(F)(F)F. The van der Waals surface area contributed by atoms with Crippen LogP contribution in [0.2, 0.25) is 0 Å². The van der Waals surface area contributed by atoms with E-state index in [4.69, 9.17) is 0 Å². The van der Waals surface area contributed by atoms with Gasteiger partial charge in [-0.25, -0.2) is 0 Å². The molecule has 1 heterocycles. The number of Topliss-reactive ketones (excluding diaryl/α,β-unsaturated/α-hetero) is 1. The second kappa shape index (κ2) is 3.48. The van der Waals surface area contributed by atoms with Crippen LogP contribution in [0, 0.1) is 0 Å². The second-order valence-corrected chi connectivity index (χ2v) is 4.61. The topological polar surface area (TPSA) is 20.3 Å². The number of nitrogens with zero attached hydrogens (tertiary/aromatic N) is 1. The number of halogens is 3. The van der Waals surface area contributed by atoms with Gasteiger partial charge in [0.1, 0.15) is 6.54 Å². The lowest BCUT2D eigenvalue weighted by molar-refractivity contribution is -0.121. The summed E-state index contributed by atoms with van der Waals surface area (Å²) in [6.45, 7) is 1.92. The van der Waals surface area contributed by atoms with Crippen molar-refractivity contribution in [1.82, 2.24) is 0 Å². The number of benzene rings is 1. The van der Waals surface area contributed by atoms with Crippen molar-refractivity contribution in [3.63, 3.8) is 0 Å². The molecule has 0 radical (unpaired) electrons. The molecule has 0 amide bonds. The Morgan fingerprint density at radius 1 is 1.24 bits per heavy atom. The van der Waals surface area contributed by atoms with Crippen LogP contribution in [0.5, 0.6) is 0 Å². The molecule has 0 bridgehead atoms. The smallest absolute Gasteiger partial charge is 0.349 e. The van der Waals surface area contributed by atoms with Crippen molar-refractivity contribution < 1.29 is 18.0 Å². The third kappa shape index (κ3) is 1.90. The highest BCUT2D eigenvalue weighted by Gasteiger charge is 2.47. The van der Waals surface area contributed by atoms with Gasteiger partial charge < -0.3 is 4.90 Å². The van der Waals surface area contributed by atoms with Crippen molar-refractivity contribution >= 4 is 11.5 Å². The highest BCUT2D eigenvalue weighted by atomic mass is 19.4. The Morgan fingerprint density at radius 3 is 2.41 bits per heavy atom. The number of hydrogen-bond acceptors (Lipinski definition) is 2. The van der Waals surface area contributed by atoms with E-state index in [0.717, 1.165) is 4.90 Å². The molecule has 1 aliphatic rings. The van der Waals surface area contributed by atoms with E-state index in [2.05, 4.69) is 0 Å². The van der Waals surface area contributed by atoms with Gasteiger partial charge in [0.2, 0.25) is 0 Å². The molecule has 0 atom stereocenters. The highest BCUT2D eigenvalue weighted by molar-refractivity contribution is 6.13. The van der Waals surface area contributed by atoms with Crippen molar-refractivity contribution in [1.29, 1.82) is 0 Å². The van der Waals surface area contributed by atoms with Gasteiger partial charge in [-0.15, -0.1) is 0 Å². The maximum Gasteiger partial charge on any atom is 0.405 e. The lowest BCUT2D eigenvalue weighted by atomic mass is 9.97. The maximum absolute atomic E-state index is 12.5. The van der Waals surface area contributed by atoms with E-state index in [0.29, 0.717) is 11.3 Å². The fourth-order valence-electron chi connectivity index (χ4n) is 2.12. The average Bonchev–Trinajstić information content (AvgIpc) is 2.39. The number of para-hydroxylation sites is 1. The number of alkyl halides is 3. The Bertz CT molecular complexity index is 465.